The number of fused-ring (bicyclic) bond motifs is 3. The third kappa shape index (κ3) is 6.10. The highest BCUT2D eigenvalue weighted by Crippen LogP contribution is 2.77. The van der Waals surface area contributed by atoms with Gasteiger partial charge < -0.3 is 9.47 Å². The smallest absolute Gasteiger partial charge is 0.305 e. The molecule has 0 N–H and O–H groups in total. The standard InChI is InChI=1S/C38H66O3/c1-10-11-12-13-14-20-33(39)40-27-16-19-32-35(7)25-26-36(8)30(29(4)18-15-17-28(2)3)21-23-37(36,9)31(35)22-24-38(32)34(5,6)41-38/h17,29-32H,10-16,18-27H2,1-9H3. The molecule has 3 nitrogen and oxygen atoms in total. The van der Waals surface area contributed by atoms with Gasteiger partial charge in [0.15, 0.2) is 0 Å². The van der Waals surface area contributed by atoms with E-state index in [-0.39, 0.29) is 17.2 Å². The SMILES string of the molecule is CCCCCCCC(=O)OCCCC1C2(C)CCC3(C)C(C(C)CCC=C(C)C)CCC3(C)C2CCC12OC2(C)C. The van der Waals surface area contributed by atoms with Crippen LogP contribution in [-0.2, 0) is 14.3 Å². The van der Waals surface area contributed by atoms with Gasteiger partial charge in [-0.05, 0) is 138 Å². The molecule has 1 aliphatic heterocycles. The van der Waals surface area contributed by atoms with Gasteiger partial charge in [-0.25, -0.2) is 0 Å². The molecule has 1 saturated heterocycles. The molecule has 41 heavy (non-hydrogen) atoms. The van der Waals surface area contributed by atoms with Gasteiger partial charge in [-0.15, -0.1) is 0 Å². The number of allylic oxidation sites excluding steroid dienone is 2. The zero-order valence-corrected chi connectivity index (χ0v) is 28.6. The first-order valence-corrected chi connectivity index (χ1v) is 17.8. The maximum atomic E-state index is 12.4. The number of ether oxygens (including phenoxy) is 2. The summed E-state index contributed by atoms with van der Waals surface area (Å²) in [6.07, 6.45) is 21.5. The molecule has 1 heterocycles. The van der Waals surface area contributed by atoms with Gasteiger partial charge in [0.2, 0.25) is 0 Å². The zero-order chi connectivity index (χ0) is 30.1. The number of unbranched alkanes of at least 4 members (excludes halogenated alkanes) is 4. The van der Waals surface area contributed by atoms with Crippen LogP contribution >= 0.6 is 0 Å². The van der Waals surface area contributed by atoms with E-state index in [1.54, 1.807) is 0 Å². The zero-order valence-electron chi connectivity index (χ0n) is 28.6. The van der Waals surface area contributed by atoms with Gasteiger partial charge in [-0.1, -0.05) is 72.0 Å². The fourth-order valence-electron chi connectivity index (χ4n) is 11.1. The number of epoxide rings is 1. The summed E-state index contributed by atoms with van der Waals surface area (Å²) >= 11 is 0. The number of esters is 1. The van der Waals surface area contributed by atoms with E-state index in [0.717, 1.165) is 43.4 Å². The van der Waals surface area contributed by atoms with Crippen molar-refractivity contribution in [1.29, 1.82) is 0 Å². The summed E-state index contributed by atoms with van der Waals surface area (Å²) in [6, 6.07) is 0. The summed E-state index contributed by atoms with van der Waals surface area (Å²) in [5, 5.41) is 0. The van der Waals surface area contributed by atoms with Crippen LogP contribution in [0.5, 0.6) is 0 Å². The Morgan fingerprint density at radius 3 is 2.29 bits per heavy atom. The lowest BCUT2D eigenvalue weighted by Gasteiger charge is -2.65. The lowest BCUT2D eigenvalue weighted by molar-refractivity contribution is -0.173. The molecule has 0 aromatic carbocycles. The van der Waals surface area contributed by atoms with Crippen molar-refractivity contribution >= 4 is 5.97 Å². The maximum absolute atomic E-state index is 12.4. The van der Waals surface area contributed by atoms with Crippen molar-refractivity contribution in [2.45, 2.75) is 176 Å². The van der Waals surface area contributed by atoms with Crippen molar-refractivity contribution in [3.8, 4) is 0 Å². The Hall–Kier alpha value is -0.830. The van der Waals surface area contributed by atoms with Gasteiger partial charge in [-0.3, -0.25) is 4.79 Å². The summed E-state index contributed by atoms with van der Waals surface area (Å²) in [7, 11) is 0. The van der Waals surface area contributed by atoms with Gasteiger partial charge in [0.25, 0.3) is 0 Å². The van der Waals surface area contributed by atoms with E-state index in [0.29, 0.717) is 35.2 Å². The minimum absolute atomic E-state index is 0.00333. The fraction of sp³-hybridized carbons (Fsp3) is 0.921. The van der Waals surface area contributed by atoms with Gasteiger partial charge in [0, 0.05) is 6.42 Å². The molecule has 236 valence electrons. The first-order valence-electron chi connectivity index (χ1n) is 17.8. The monoisotopic (exact) mass is 571 g/mol. The number of hydrogen-bond donors (Lipinski definition) is 0. The molecule has 4 fully saturated rings. The van der Waals surface area contributed by atoms with Gasteiger partial charge in [0.1, 0.15) is 5.60 Å². The maximum Gasteiger partial charge on any atom is 0.305 e. The van der Waals surface area contributed by atoms with Crippen molar-refractivity contribution in [3.05, 3.63) is 11.6 Å². The normalized spacial score (nSPS) is 39.6. The Balaban J connectivity index is 1.42. The van der Waals surface area contributed by atoms with Crippen LogP contribution < -0.4 is 0 Å². The topological polar surface area (TPSA) is 38.8 Å². The van der Waals surface area contributed by atoms with Crippen molar-refractivity contribution in [2.75, 3.05) is 6.61 Å². The fourth-order valence-corrected chi connectivity index (χ4v) is 11.1. The minimum atomic E-state index is -0.0277. The van der Waals surface area contributed by atoms with Crippen molar-refractivity contribution in [1.82, 2.24) is 0 Å². The summed E-state index contributed by atoms with van der Waals surface area (Å²) in [6.45, 7) is 22.5. The lowest BCUT2D eigenvalue weighted by Crippen LogP contribution is -2.61. The van der Waals surface area contributed by atoms with Gasteiger partial charge in [-0.2, -0.15) is 0 Å². The molecule has 0 radical (unpaired) electrons. The first kappa shape index (κ1) is 33.1. The minimum Gasteiger partial charge on any atom is -0.466 e. The van der Waals surface area contributed by atoms with E-state index in [9.17, 15) is 4.79 Å². The van der Waals surface area contributed by atoms with Crippen LogP contribution in [0.15, 0.2) is 11.6 Å². The average molecular weight is 571 g/mol. The number of carbonyl (C=O) groups is 1. The highest BCUT2D eigenvalue weighted by atomic mass is 16.6. The van der Waals surface area contributed by atoms with Crippen LogP contribution in [0.1, 0.15) is 165 Å². The second-order valence-corrected chi connectivity index (χ2v) is 16.5. The Morgan fingerprint density at radius 1 is 0.927 bits per heavy atom. The van der Waals surface area contributed by atoms with Crippen LogP contribution in [-0.4, -0.2) is 23.8 Å². The van der Waals surface area contributed by atoms with Crippen molar-refractivity contribution in [3.63, 3.8) is 0 Å². The molecule has 3 saturated carbocycles. The van der Waals surface area contributed by atoms with Crippen LogP contribution in [0.25, 0.3) is 0 Å². The van der Waals surface area contributed by atoms with Crippen LogP contribution in [0.3, 0.4) is 0 Å². The second kappa shape index (κ2) is 12.6. The summed E-state index contributed by atoms with van der Waals surface area (Å²) in [4.78, 5) is 12.4. The van der Waals surface area contributed by atoms with E-state index in [1.807, 2.05) is 0 Å². The molecular formula is C38H66O3. The first-order chi connectivity index (χ1) is 19.3. The molecule has 4 aliphatic rings. The van der Waals surface area contributed by atoms with Gasteiger partial charge >= 0.3 is 5.97 Å². The Labute approximate surface area is 254 Å². The molecule has 1 spiro atoms. The Kier molecular flexibility index (Phi) is 10.2. The summed E-state index contributed by atoms with van der Waals surface area (Å²) in [5.41, 5.74) is 2.57. The number of carbonyl (C=O) groups excluding carboxylic acids is 1. The van der Waals surface area contributed by atoms with E-state index in [4.69, 9.17) is 9.47 Å². The number of rotatable bonds is 14. The predicted molar refractivity (Wildman–Crippen MR) is 172 cm³/mol. The molecule has 0 aromatic rings. The molecular weight excluding hydrogens is 504 g/mol. The molecule has 8 atom stereocenters. The highest BCUT2D eigenvalue weighted by molar-refractivity contribution is 5.69. The van der Waals surface area contributed by atoms with Gasteiger partial charge in [0.05, 0.1) is 12.2 Å². The highest BCUT2D eigenvalue weighted by Gasteiger charge is 2.76. The largest absolute Gasteiger partial charge is 0.466 e. The van der Waals surface area contributed by atoms with Crippen molar-refractivity contribution in [2.24, 2.45) is 39.9 Å². The van der Waals surface area contributed by atoms with Crippen LogP contribution in [0.4, 0.5) is 0 Å². The van der Waals surface area contributed by atoms with Crippen molar-refractivity contribution < 1.29 is 14.3 Å². The van der Waals surface area contributed by atoms with Crippen LogP contribution in [0, 0.1) is 39.9 Å². The molecule has 3 heteroatoms. The molecule has 0 amide bonds. The Morgan fingerprint density at radius 2 is 1.63 bits per heavy atom. The third-order valence-corrected chi connectivity index (χ3v) is 13.7. The molecule has 3 aliphatic carbocycles. The average Bonchev–Trinajstić information content (AvgIpc) is 3.32. The molecule has 0 aromatic heterocycles. The summed E-state index contributed by atoms with van der Waals surface area (Å²) < 4.78 is 12.5. The predicted octanol–water partition coefficient (Wildman–Crippen LogP) is 10.8. The lowest BCUT2D eigenvalue weighted by atomic mass is 9.39. The van der Waals surface area contributed by atoms with E-state index in [2.05, 4.69) is 68.4 Å². The Bertz CT molecular complexity index is 932. The second-order valence-electron chi connectivity index (χ2n) is 16.5. The van der Waals surface area contributed by atoms with E-state index >= 15 is 0 Å². The quantitative estimate of drug-likeness (QED) is 0.0902. The van der Waals surface area contributed by atoms with Crippen LogP contribution in [0.2, 0.25) is 0 Å². The molecule has 8 unspecified atom stereocenters. The molecule has 4 rings (SSSR count). The third-order valence-electron chi connectivity index (χ3n) is 13.7. The van der Waals surface area contributed by atoms with E-state index in [1.165, 1.54) is 76.2 Å². The summed E-state index contributed by atoms with van der Waals surface area (Å²) in [5.74, 6) is 2.94. The number of hydrogen-bond acceptors (Lipinski definition) is 3. The van der Waals surface area contributed by atoms with E-state index < -0.39 is 0 Å². The molecule has 0 bridgehead atoms.